The van der Waals surface area contributed by atoms with Crippen molar-refractivity contribution in [3.63, 3.8) is 0 Å². The molecule has 0 radical (unpaired) electrons. The molecule has 1 fully saturated rings. The van der Waals surface area contributed by atoms with Crippen molar-refractivity contribution in [2.75, 3.05) is 19.7 Å². The van der Waals surface area contributed by atoms with Gasteiger partial charge in [0, 0.05) is 38.3 Å². The van der Waals surface area contributed by atoms with Crippen LogP contribution in [0, 0.1) is 0 Å². The summed E-state index contributed by atoms with van der Waals surface area (Å²) in [7, 11) is 0. The van der Waals surface area contributed by atoms with Gasteiger partial charge in [0.05, 0.1) is 12.3 Å². The molecule has 0 aliphatic carbocycles. The van der Waals surface area contributed by atoms with Crippen LogP contribution in [0.5, 0.6) is 0 Å². The summed E-state index contributed by atoms with van der Waals surface area (Å²) in [6.07, 6.45) is 3.98. The number of hydrogen-bond donors (Lipinski definition) is 1. The average molecular weight is 318 g/mol. The van der Waals surface area contributed by atoms with Crippen molar-refractivity contribution in [3.05, 3.63) is 29.6 Å². The van der Waals surface area contributed by atoms with Gasteiger partial charge in [-0.25, -0.2) is 4.98 Å². The second-order valence-corrected chi connectivity index (χ2v) is 6.37. The van der Waals surface area contributed by atoms with Crippen LogP contribution in [0.1, 0.15) is 56.7 Å². The summed E-state index contributed by atoms with van der Waals surface area (Å²) in [5, 5.41) is 12.0. The number of nitrogens with zero attached hydrogens (tertiary/aromatic N) is 5. The lowest BCUT2D eigenvalue weighted by molar-refractivity contribution is -0.0374. The zero-order valence-corrected chi connectivity index (χ0v) is 14.2. The molecular weight excluding hydrogens is 292 g/mol. The zero-order valence-electron chi connectivity index (χ0n) is 14.2. The van der Waals surface area contributed by atoms with Crippen molar-refractivity contribution < 1.29 is 4.74 Å². The Kier molecular flexibility index (Phi) is 5.07. The Labute approximate surface area is 137 Å². The lowest BCUT2D eigenvalue weighted by Crippen LogP contribution is -2.38. The van der Waals surface area contributed by atoms with E-state index in [-0.39, 0.29) is 6.10 Å². The molecule has 3 rings (SSSR count). The first kappa shape index (κ1) is 16.1. The number of ether oxygens (including phenoxy) is 1. The average Bonchev–Trinajstić information content (AvgIpc) is 3.17. The Morgan fingerprint density at radius 3 is 3.04 bits per heavy atom. The summed E-state index contributed by atoms with van der Waals surface area (Å²) in [5.74, 6) is 1.71. The summed E-state index contributed by atoms with van der Waals surface area (Å²) in [6, 6.07) is 2.49. The molecule has 0 amide bonds. The van der Waals surface area contributed by atoms with Gasteiger partial charge >= 0.3 is 0 Å². The maximum absolute atomic E-state index is 5.85. The van der Waals surface area contributed by atoms with Crippen molar-refractivity contribution in [1.29, 1.82) is 0 Å². The number of rotatable bonds is 6. The molecule has 126 valence electrons. The topological polar surface area (TPSA) is 71.9 Å². The van der Waals surface area contributed by atoms with Gasteiger partial charge in [0.1, 0.15) is 11.9 Å². The third kappa shape index (κ3) is 3.97. The summed E-state index contributed by atoms with van der Waals surface area (Å²) < 4.78 is 7.85. The van der Waals surface area contributed by atoms with E-state index in [4.69, 9.17) is 4.74 Å². The molecule has 1 unspecified atom stereocenters. The quantitative estimate of drug-likeness (QED) is 0.883. The molecule has 0 aromatic carbocycles. The minimum atomic E-state index is -0.0576. The molecule has 0 saturated carbocycles. The van der Waals surface area contributed by atoms with Gasteiger partial charge in [0.15, 0.2) is 5.82 Å². The van der Waals surface area contributed by atoms with E-state index >= 15 is 0 Å². The summed E-state index contributed by atoms with van der Waals surface area (Å²) in [5.41, 5.74) is 1.10. The molecule has 23 heavy (non-hydrogen) atoms. The van der Waals surface area contributed by atoms with E-state index in [1.165, 1.54) is 0 Å². The van der Waals surface area contributed by atoms with Crippen LogP contribution in [0.2, 0.25) is 0 Å². The van der Waals surface area contributed by atoms with Gasteiger partial charge < -0.3 is 4.74 Å². The van der Waals surface area contributed by atoms with Crippen LogP contribution in [0.15, 0.2) is 12.3 Å². The monoisotopic (exact) mass is 318 g/mol. The maximum Gasteiger partial charge on any atom is 0.180 e. The van der Waals surface area contributed by atoms with Crippen molar-refractivity contribution >= 4 is 0 Å². The lowest BCUT2D eigenvalue weighted by Gasteiger charge is -2.30. The highest BCUT2D eigenvalue weighted by atomic mass is 16.5. The molecule has 1 N–H and O–H groups in total. The van der Waals surface area contributed by atoms with Crippen molar-refractivity contribution in [2.45, 2.75) is 52.3 Å². The molecular formula is C16H26N6O. The van der Waals surface area contributed by atoms with Gasteiger partial charge in [-0.15, -0.1) is 0 Å². The first-order chi connectivity index (χ1) is 11.2. The second kappa shape index (κ2) is 7.23. The fraction of sp³-hybridized carbons (Fsp3) is 0.688. The van der Waals surface area contributed by atoms with Gasteiger partial charge in [0.2, 0.25) is 0 Å². The van der Waals surface area contributed by atoms with Crippen molar-refractivity contribution in [3.8, 4) is 0 Å². The van der Waals surface area contributed by atoms with Crippen LogP contribution in [-0.4, -0.2) is 49.6 Å². The third-order valence-electron chi connectivity index (χ3n) is 4.05. The second-order valence-electron chi connectivity index (χ2n) is 6.37. The standard InChI is InChI=1S/C16H26N6O/c1-4-5-15-17-16(19-18-15)14-11-21(8-9-23-14)10-13-6-7-22(20-13)12(2)3/h6-7,12,14H,4-5,8-11H2,1-3H3,(H,17,18,19). The van der Waals surface area contributed by atoms with E-state index in [2.05, 4.69) is 52.0 Å². The number of aromatic amines is 1. The number of aromatic nitrogens is 5. The Hall–Kier alpha value is -1.73. The molecule has 2 aromatic heterocycles. The number of H-pyrrole nitrogens is 1. The van der Waals surface area contributed by atoms with Gasteiger partial charge in [-0.2, -0.15) is 10.2 Å². The van der Waals surface area contributed by atoms with Crippen LogP contribution in [0.4, 0.5) is 0 Å². The smallest absolute Gasteiger partial charge is 0.180 e. The molecule has 1 aliphatic heterocycles. The number of morpholine rings is 1. The summed E-state index contributed by atoms with van der Waals surface area (Å²) in [6.45, 7) is 9.67. The Bertz CT molecular complexity index is 620. The van der Waals surface area contributed by atoms with Crippen LogP contribution in [0.25, 0.3) is 0 Å². The van der Waals surface area contributed by atoms with Gasteiger partial charge in [-0.05, 0) is 26.3 Å². The minimum absolute atomic E-state index is 0.0576. The van der Waals surface area contributed by atoms with Crippen LogP contribution in [-0.2, 0) is 17.7 Å². The van der Waals surface area contributed by atoms with Gasteiger partial charge in [-0.1, -0.05) is 6.92 Å². The highest BCUT2D eigenvalue weighted by molar-refractivity contribution is 5.01. The lowest BCUT2D eigenvalue weighted by atomic mass is 10.2. The highest BCUT2D eigenvalue weighted by Gasteiger charge is 2.25. The predicted octanol–water partition coefficient (Wildman–Crippen LogP) is 2.11. The largest absolute Gasteiger partial charge is 0.367 e. The Morgan fingerprint density at radius 2 is 2.30 bits per heavy atom. The number of hydrogen-bond acceptors (Lipinski definition) is 5. The molecule has 1 saturated heterocycles. The minimum Gasteiger partial charge on any atom is -0.367 e. The zero-order chi connectivity index (χ0) is 16.2. The van der Waals surface area contributed by atoms with Crippen LogP contribution >= 0.6 is 0 Å². The summed E-state index contributed by atoms with van der Waals surface area (Å²) >= 11 is 0. The maximum atomic E-state index is 5.85. The van der Waals surface area contributed by atoms with Crippen molar-refractivity contribution in [1.82, 2.24) is 29.9 Å². The molecule has 2 aromatic rings. The number of aryl methyl sites for hydroxylation is 1. The fourth-order valence-corrected chi connectivity index (χ4v) is 2.78. The Balaban J connectivity index is 1.60. The summed E-state index contributed by atoms with van der Waals surface area (Å²) in [4.78, 5) is 6.91. The first-order valence-corrected chi connectivity index (χ1v) is 8.45. The normalized spacial score (nSPS) is 19.6. The third-order valence-corrected chi connectivity index (χ3v) is 4.05. The number of nitrogens with one attached hydrogen (secondary N) is 1. The molecule has 3 heterocycles. The van der Waals surface area contributed by atoms with E-state index in [9.17, 15) is 0 Å². The van der Waals surface area contributed by atoms with E-state index in [1.807, 2.05) is 10.9 Å². The molecule has 0 spiro atoms. The highest BCUT2D eigenvalue weighted by Crippen LogP contribution is 2.20. The SMILES string of the molecule is CCCc1nc(C2CN(Cc3ccn(C(C)C)n3)CCO2)n[nH]1. The molecule has 7 nitrogen and oxygen atoms in total. The van der Waals surface area contributed by atoms with Crippen LogP contribution in [0.3, 0.4) is 0 Å². The van der Waals surface area contributed by atoms with Crippen LogP contribution < -0.4 is 0 Å². The molecule has 1 aliphatic rings. The molecule has 0 bridgehead atoms. The molecule has 1 atom stereocenters. The first-order valence-electron chi connectivity index (χ1n) is 8.45. The molecule has 7 heteroatoms. The Morgan fingerprint density at radius 1 is 1.43 bits per heavy atom. The predicted molar refractivity (Wildman–Crippen MR) is 87.0 cm³/mol. The van der Waals surface area contributed by atoms with E-state index in [0.29, 0.717) is 12.6 Å². The fourth-order valence-electron chi connectivity index (χ4n) is 2.78. The van der Waals surface area contributed by atoms with Gasteiger partial charge in [0.25, 0.3) is 0 Å². The van der Waals surface area contributed by atoms with E-state index in [0.717, 1.165) is 49.8 Å². The van der Waals surface area contributed by atoms with Crippen molar-refractivity contribution in [2.24, 2.45) is 0 Å². The van der Waals surface area contributed by atoms with E-state index in [1.54, 1.807) is 0 Å². The van der Waals surface area contributed by atoms with E-state index < -0.39 is 0 Å². The van der Waals surface area contributed by atoms with Gasteiger partial charge in [-0.3, -0.25) is 14.7 Å².